The first-order valence-electron chi connectivity index (χ1n) is 14.6. The first-order valence-corrected chi connectivity index (χ1v) is 15.4. The molecule has 1 aromatic heterocycles. The van der Waals surface area contributed by atoms with Crippen molar-refractivity contribution in [2.24, 2.45) is 5.10 Å². The molecule has 2 aliphatic rings. The third-order valence-corrected chi connectivity index (χ3v) is 7.61. The zero-order valence-electron chi connectivity index (χ0n) is 24.1. The van der Waals surface area contributed by atoms with Crippen LogP contribution in [-0.4, -0.2) is 67.2 Å². The molecule has 0 bridgehead atoms. The Hall–Kier alpha value is -3.86. The summed E-state index contributed by atoms with van der Waals surface area (Å²) in [4.78, 5) is 18.5. The van der Waals surface area contributed by atoms with Crippen molar-refractivity contribution >= 4 is 40.0 Å². The second-order valence-electron chi connectivity index (χ2n) is 10.1. The van der Waals surface area contributed by atoms with E-state index >= 15 is 0 Å². The summed E-state index contributed by atoms with van der Waals surface area (Å²) in [5.74, 6) is 3.92. The van der Waals surface area contributed by atoms with Crippen molar-refractivity contribution in [2.45, 2.75) is 39.0 Å². The number of hydrazone groups is 1. The minimum atomic E-state index is 0.355. The fourth-order valence-corrected chi connectivity index (χ4v) is 5.59. The van der Waals surface area contributed by atoms with Crippen LogP contribution in [0.25, 0.3) is 0 Å². The minimum Gasteiger partial charge on any atom is -0.490 e. The molecule has 10 nitrogen and oxygen atoms in total. The maximum atomic E-state index is 6.08. The summed E-state index contributed by atoms with van der Waals surface area (Å²) >= 11 is 3.65. The third kappa shape index (κ3) is 7.70. The number of ether oxygens (including phenoxy) is 3. The molecule has 0 radical (unpaired) electrons. The second kappa shape index (κ2) is 14.9. The van der Waals surface area contributed by atoms with E-state index in [1.807, 2.05) is 49.4 Å². The fourth-order valence-electron chi connectivity index (χ4n) is 5.02. The van der Waals surface area contributed by atoms with Gasteiger partial charge >= 0.3 is 0 Å². The van der Waals surface area contributed by atoms with E-state index in [0.717, 1.165) is 79.6 Å². The molecule has 0 unspecified atom stereocenters. The van der Waals surface area contributed by atoms with Crippen LogP contribution in [0.3, 0.4) is 0 Å². The highest BCUT2D eigenvalue weighted by atomic mass is 79.9. The second-order valence-corrected chi connectivity index (χ2v) is 10.9. The SMILES string of the molecule is C=CCc1ccccc1OCCOc1c(Br)cc(/C=N/Nc2nc(N3CCCC3)nc(N3CCCC3)n2)cc1OCC. The number of nitrogens with one attached hydrogen (secondary N) is 1. The molecule has 5 rings (SSSR count). The number of nitrogens with zero attached hydrogens (tertiary/aromatic N) is 6. The van der Waals surface area contributed by atoms with E-state index in [9.17, 15) is 0 Å². The number of aromatic nitrogens is 3. The molecule has 0 aliphatic carbocycles. The van der Waals surface area contributed by atoms with E-state index in [4.69, 9.17) is 19.2 Å². The number of anilines is 3. The molecule has 0 amide bonds. The maximum Gasteiger partial charge on any atom is 0.250 e. The van der Waals surface area contributed by atoms with Crippen molar-refractivity contribution in [3.05, 3.63) is 64.7 Å². The molecule has 2 fully saturated rings. The van der Waals surface area contributed by atoms with Crippen LogP contribution in [0.4, 0.5) is 17.8 Å². The lowest BCUT2D eigenvalue weighted by molar-refractivity contribution is 0.206. The molecule has 3 aromatic rings. The molecular weight excluding hydrogens is 598 g/mol. The Morgan fingerprint density at radius 3 is 2.24 bits per heavy atom. The topological polar surface area (TPSA) is 97.2 Å². The summed E-state index contributed by atoms with van der Waals surface area (Å²) in [6.07, 6.45) is 8.94. The lowest BCUT2D eigenvalue weighted by atomic mass is 10.1. The van der Waals surface area contributed by atoms with E-state index in [1.165, 1.54) is 0 Å². The van der Waals surface area contributed by atoms with Gasteiger partial charge < -0.3 is 24.0 Å². The minimum absolute atomic E-state index is 0.355. The van der Waals surface area contributed by atoms with Crippen molar-refractivity contribution in [3.8, 4) is 17.2 Å². The molecule has 2 aliphatic heterocycles. The standard InChI is InChI=1S/C31H38BrN7O3/c1-3-11-24-12-5-6-13-26(24)41-18-19-42-28-25(32)20-23(21-27(28)40-4-2)22-33-37-29-34-30(38-14-7-8-15-38)36-31(35-29)39-16-9-10-17-39/h3,5-6,12-13,20-22H,1,4,7-11,14-19H2,2H3,(H,34,35,36,37)/b33-22+. The Morgan fingerprint density at radius 2 is 1.57 bits per heavy atom. The van der Waals surface area contributed by atoms with Gasteiger partial charge in [-0.3, -0.25) is 0 Å². The molecule has 11 heteroatoms. The van der Waals surface area contributed by atoms with Crippen LogP contribution in [0.2, 0.25) is 0 Å². The maximum absolute atomic E-state index is 6.08. The Kier molecular flexibility index (Phi) is 10.5. The molecule has 42 heavy (non-hydrogen) atoms. The van der Waals surface area contributed by atoms with Crippen molar-refractivity contribution < 1.29 is 14.2 Å². The average molecular weight is 637 g/mol. The number of para-hydroxylation sites is 1. The summed E-state index contributed by atoms with van der Waals surface area (Å²) in [6, 6.07) is 11.8. The predicted molar refractivity (Wildman–Crippen MR) is 171 cm³/mol. The number of allylic oxidation sites excluding steroid dienone is 1. The monoisotopic (exact) mass is 635 g/mol. The fraction of sp³-hybridized carbons (Fsp3) is 0.419. The normalized spacial score (nSPS) is 14.9. The largest absolute Gasteiger partial charge is 0.490 e. The number of rotatable bonds is 14. The quantitative estimate of drug-likeness (QED) is 0.101. The van der Waals surface area contributed by atoms with Gasteiger partial charge in [-0.1, -0.05) is 24.3 Å². The highest BCUT2D eigenvalue weighted by molar-refractivity contribution is 9.10. The lowest BCUT2D eigenvalue weighted by Crippen LogP contribution is -2.25. The molecule has 3 heterocycles. The Balaban J connectivity index is 1.25. The van der Waals surface area contributed by atoms with Crippen LogP contribution in [0.5, 0.6) is 17.2 Å². The van der Waals surface area contributed by atoms with Gasteiger partial charge in [-0.15, -0.1) is 6.58 Å². The molecular formula is C31H38BrN7O3. The molecule has 0 spiro atoms. The first kappa shape index (κ1) is 29.6. The van der Waals surface area contributed by atoms with Gasteiger partial charge in [0.1, 0.15) is 19.0 Å². The summed E-state index contributed by atoms with van der Waals surface area (Å²) in [6.45, 7) is 10.9. The van der Waals surface area contributed by atoms with E-state index in [-0.39, 0.29) is 0 Å². The summed E-state index contributed by atoms with van der Waals surface area (Å²) in [5, 5.41) is 4.44. The van der Waals surface area contributed by atoms with Gasteiger partial charge in [0.05, 0.1) is 17.3 Å². The Morgan fingerprint density at radius 1 is 0.905 bits per heavy atom. The highest BCUT2D eigenvalue weighted by Gasteiger charge is 2.21. The van der Waals surface area contributed by atoms with Gasteiger partial charge in [0, 0.05) is 26.2 Å². The van der Waals surface area contributed by atoms with E-state index < -0.39 is 0 Å². The molecule has 2 saturated heterocycles. The highest BCUT2D eigenvalue weighted by Crippen LogP contribution is 2.36. The number of benzene rings is 2. The van der Waals surface area contributed by atoms with E-state index in [1.54, 1.807) is 6.21 Å². The molecule has 222 valence electrons. The van der Waals surface area contributed by atoms with Gasteiger partial charge in [-0.2, -0.15) is 20.1 Å². The molecule has 1 N–H and O–H groups in total. The van der Waals surface area contributed by atoms with Gasteiger partial charge in [-0.05, 0) is 84.3 Å². The van der Waals surface area contributed by atoms with Crippen LogP contribution < -0.4 is 29.4 Å². The molecule has 0 saturated carbocycles. The average Bonchev–Trinajstić information content (AvgIpc) is 3.73. The summed E-state index contributed by atoms with van der Waals surface area (Å²) in [5.41, 5.74) is 4.94. The van der Waals surface area contributed by atoms with Gasteiger partial charge in [0.2, 0.25) is 17.8 Å². The molecule has 0 atom stereocenters. The van der Waals surface area contributed by atoms with Crippen molar-refractivity contribution in [1.82, 2.24) is 15.0 Å². The first-order chi connectivity index (χ1) is 20.6. The van der Waals surface area contributed by atoms with Crippen LogP contribution in [0.1, 0.15) is 43.7 Å². The van der Waals surface area contributed by atoms with Crippen molar-refractivity contribution in [2.75, 3.05) is 61.2 Å². The van der Waals surface area contributed by atoms with Gasteiger partial charge in [0.15, 0.2) is 11.5 Å². The van der Waals surface area contributed by atoms with Crippen LogP contribution in [0.15, 0.2) is 58.6 Å². The van der Waals surface area contributed by atoms with Crippen molar-refractivity contribution in [1.29, 1.82) is 0 Å². The third-order valence-electron chi connectivity index (χ3n) is 7.02. The summed E-state index contributed by atoms with van der Waals surface area (Å²) in [7, 11) is 0. The van der Waals surface area contributed by atoms with Crippen molar-refractivity contribution in [3.63, 3.8) is 0 Å². The molecule has 2 aromatic carbocycles. The smallest absolute Gasteiger partial charge is 0.250 e. The lowest BCUT2D eigenvalue weighted by Gasteiger charge is -2.20. The van der Waals surface area contributed by atoms with Crippen LogP contribution >= 0.6 is 15.9 Å². The van der Waals surface area contributed by atoms with E-state index in [0.29, 0.717) is 49.2 Å². The van der Waals surface area contributed by atoms with Gasteiger partial charge in [0.25, 0.3) is 0 Å². The van der Waals surface area contributed by atoms with Crippen LogP contribution in [0, 0.1) is 0 Å². The van der Waals surface area contributed by atoms with Crippen LogP contribution in [-0.2, 0) is 6.42 Å². The number of hydrogen-bond donors (Lipinski definition) is 1. The number of hydrogen-bond acceptors (Lipinski definition) is 10. The summed E-state index contributed by atoms with van der Waals surface area (Å²) < 4.78 is 18.7. The number of halogens is 1. The zero-order valence-corrected chi connectivity index (χ0v) is 25.7. The Labute approximate surface area is 255 Å². The van der Waals surface area contributed by atoms with Gasteiger partial charge in [-0.25, -0.2) is 5.43 Å². The zero-order chi connectivity index (χ0) is 29.1. The Bertz CT molecular complexity index is 1340. The predicted octanol–water partition coefficient (Wildman–Crippen LogP) is 5.87. The van der Waals surface area contributed by atoms with E-state index in [2.05, 4.69) is 52.8 Å².